The average molecular weight is 167 g/mol. The van der Waals surface area contributed by atoms with Gasteiger partial charge in [0.25, 0.3) is 0 Å². The summed E-state index contributed by atoms with van der Waals surface area (Å²) in [5.74, 6) is 0. The van der Waals surface area contributed by atoms with Gasteiger partial charge >= 0.3 is 0 Å². The molecule has 0 aromatic carbocycles. The molecule has 0 amide bonds. The van der Waals surface area contributed by atoms with Gasteiger partial charge < -0.3 is 5.73 Å². The molecule has 0 aliphatic carbocycles. The standard InChI is InChI=1S/C9H17N3/c1-8-7-11-12(2)9(8)5-3-4-6-10/h7H,3-6,10H2,1-2H3. The Labute approximate surface area is 73.6 Å². The van der Waals surface area contributed by atoms with Crippen LogP contribution >= 0.6 is 0 Å². The first-order valence-corrected chi connectivity index (χ1v) is 4.43. The highest BCUT2D eigenvalue weighted by Crippen LogP contribution is 2.08. The number of nitrogens with zero attached hydrogens (tertiary/aromatic N) is 2. The Morgan fingerprint density at radius 2 is 2.25 bits per heavy atom. The average Bonchev–Trinajstić information content (AvgIpc) is 2.35. The van der Waals surface area contributed by atoms with Crippen molar-refractivity contribution in [3.8, 4) is 0 Å². The van der Waals surface area contributed by atoms with Crippen LogP contribution in [0, 0.1) is 6.92 Å². The van der Waals surface area contributed by atoms with Gasteiger partial charge in [-0.25, -0.2) is 0 Å². The topological polar surface area (TPSA) is 43.8 Å². The Kier molecular flexibility index (Phi) is 3.29. The number of aromatic nitrogens is 2. The second-order valence-electron chi connectivity index (χ2n) is 3.14. The Bertz CT molecular complexity index is 220. The lowest BCUT2D eigenvalue weighted by Gasteiger charge is -2.02. The molecule has 0 saturated heterocycles. The van der Waals surface area contributed by atoms with Crippen molar-refractivity contribution < 1.29 is 0 Å². The van der Waals surface area contributed by atoms with Crippen LogP contribution in [0.15, 0.2) is 6.20 Å². The van der Waals surface area contributed by atoms with Gasteiger partial charge in [0.15, 0.2) is 0 Å². The van der Waals surface area contributed by atoms with E-state index < -0.39 is 0 Å². The van der Waals surface area contributed by atoms with E-state index in [1.165, 1.54) is 11.3 Å². The zero-order chi connectivity index (χ0) is 8.97. The zero-order valence-corrected chi connectivity index (χ0v) is 7.88. The lowest BCUT2D eigenvalue weighted by molar-refractivity contribution is 0.661. The van der Waals surface area contributed by atoms with Gasteiger partial charge in [-0.2, -0.15) is 5.10 Å². The molecule has 0 atom stereocenters. The summed E-state index contributed by atoms with van der Waals surface area (Å²) in [4.78, 5) is 0. The van der Waals surface area contributed by atoms with Crippen LogP contribution in [0.25, 0.3) is 0 Å². The molecule has 0 bridgehead atoms. The highest BCUT2D eigenvalue weighted by Gasteiger charge is 2.02. The number of rotatable bonds is 4. The molecule has 0 unspecified atom stereocenters. The van der Waals surface area contributed by atoms with Crippen LogP contribution in [0.3, 0.4) is 0 Å². The molecule has 1 rings (SSSR count). The van der Waals surface area contributed by atoms with Gasteiger partial charge in [0.05, 0.1) is 6.20 Å². The van der Waals surface area contributed by atoms with Crippen LogP contribution in [0.5, 0.6) is 0 Å². The molecule has 3 heteroatoms. The van der Waals surface area contributed by atoms with Crippen molar-refractivity contribution >= 4 is 0 Å². The molecule has 0 aliphatic rings. The van der Waals surface area contributed by atoms with Crippen molar-refractivity contribution in [1.82, 2.24) is 9.78 Å². The molecule has 0 fully saturated rings. The number of hydrogen-bond donors (Lipinski definition) is 1. The summed E-state index contributed by atoms with van der Waals surface area (Å²) < 4.78 is 1.95. The molecule has 12 heavy (non-hydrogen) atoms. The Hall–Kier alpha value is -0.830. The summed E-state index contributed by atoms with van der Waals surface area (Å²) in [5, 5.41) is 4.18. The lowest BCUT2D eigenvalue weighted by Crippen LogP contribution is -2.03. The predicted octanol–water partition coefficient (Wildman–Crippen LogP) is 1.01. The molecule has 0 radical (unpaired) electrons. The van der Waals surface area contributed by atoms with Crippen molar-refractivity contribution in [2.45, 2.75) is 26.2 Å². The summed E-state index contributed by atoms with van der Waals surface area (Å²) >= 11 is 0. The van der Waals surface area contributed by atoms with E-state index >= 15 is 0 Å². The molecule has 1 aromatic rings. The van der Waals surface area contributed by atoms with Gasteiger partial charge in [0.1, 0.15) is 0 Å². The first-order chi connectivity index (χ1) is 5.75. The van der Waals surface area contributed by atoms with E-state index in [1.807, 2.05) is 17.9 Å². The quantitative estimate of drug-likeness (QED) is 0.680. The highest BCUT2D eigenvalue weighted by molar-refractivity contribution is 5.15. The Morgan fingerprint density at radius 1 is 1.50 bits per heavy atom. The van der Waals surface area contributed by atoms with E-state index in [-0.39, 0.29) is 0 Å². The maximum Gasteiger partial charge on any atom is 0.0521 e. The molecule has 0 saturated carbocycles. The van der Waals surface area contributed by atoms with Gasteiger partial charge in [0.2, 0.25) is 0 Å². The third kappa shape index (κ3) is 2.08. The van der Waals surface area contributed by atoms with Crippen LogP contribution in [-0.4, -0.2) is 16.3 Å². The minimum atomic E-state index is 0.789. The number of hydrogen-bond acceptors (Lipinski definition) is 2. The van der Waals surface area contributed by atoms with E-state index in [4.69, 9.17) is 5.73 Å². The van der Waals surface area contributed by atoms with E-state index in [9.17, 15) is 0 Å². The van der Waals surface area contributed by atoms with Crippen molar-refractivity contribution in [2.24, 2.45) is 12.8 Å². The molecule has 1 aromatic heterocycles. The zero-order valence-electron chi connectivity index (χ0n) is 7.88. The summed E-state index contributed by atoms with van der Waals surface area (Å²) in [6.07, 6.45) is 5.28. The van der Waals surface area contributed by atoms with Gasteiger partial charge in [-0.05, 0) is 38.3 Å². The van der Waals surface area contributed by atoms with E-state index in [2.05, 4.69) is 12.0 Å². The second kappa shape index (κ2) is 4.26. The first-order valence-electron chi connectivity index (χ1n) is 4.43. The normalized spacial score (nSPS) is 10.6. The maximum absolute atomic E-state index is 5.42. The molecule has 68 valence electrons. The summed E-state index contributed by atoms with van der Waals surface area (Å²) in [6, 6.07) is 0. The van der Waals surface area contributed by atoms with Crippen molar-refractivity contribution in [3.63, 3.8) is 0 Å². The summed E-state index contributed by atoms with van der Waals surface area (Å²) in [5.41, 5.74) is 8.04. The Morgan fingerprint density at radius 3 is 2.75 bits per heavy atom. The fourth-order valence-corrected chi connectivity index (χ4v) is 1.37. The third-order valence-electron chi connectivity index (χ3n) is 2.14. The predicted molar refractivity (Wildman–Crippen MR) is 49.9 cm³/mol. The molecule has 0 spiro atoms. The monoisotopic (exact) mass is 167 g/mol. The molecule has 1 heterocycles. The molecule has 2 N–H and O–H groups in total. The fraction of sp³-hybridized carbons (Fsp3) is 0.667. The van der Waals surface area contributed by atoms with Crippen LogP contribution in [0.2, 0.25) is 0 Å². The largest absolute Gasteiger partial charge is 0.330 e. The van der Waals surface area contributed by atoms with Crippen molar-refractivity contribution in [3.05, 3.63) is 17.5 Å². The third-order valence-corrected chi connectivity index (χ3v) is 2.14. The minimum Gasteiger partial charge on any atom is -0.330 e. The number of unbranched alkanes of at least 4 members (excludes halogenated alkanes) is 1. The lowest BCUT2D eigenvalue weighted by atomic mass is 10.1. The SMILES string of the molecule is Cc1cnn(C)c1CCCCN. The Balaban J connectivity index is 2.50. The van der Waals surface area contributed by atoms with Crippen LogP contribution in [0.4, 0.5) is 0 Å². The van der Waals surface area contributed by atoms with E-state index in [0.29, 0.717) is 0 Å². The molecule has 0 aliphatic heterocycles. The van der Waals surface area contributed by atoms with Gasteiger partial charge in [-0.3, -0.25) is 4.68 Å². The van der Waals surface area contributed by atoms with E-state index in [1.54, 1.807) is 0 Å². The molecular weight excluding hydrogens is 150 g/mol. The van der Waals surface area contributed by atoms with Crippen molar-refractivity contribution in [1.29, 1.82) is 0 Å². The van der Waals surface area contributed by atoms with Gasteiger partial charge in [0, 0.05) is 12.7 Å². The van der Waals surface area contributed by atoms with E-state index in [0.717, 1.165) is 25.8 Å². The van der Waals surface area contributed by atoms with Crippen LogP contribution < -0.4 is 5.73 Å². The van der Waals surface area contributed by atoms with Crippen LogP contribution in [0.1, 0.15) is 24.1 Å². The summed E-state index contributed by atoms with van der Waals surface area (Å²) in [6.45, 7) is 2.89. The smallest absolute Gasteiger partial charge is 0.0521 e. The second-order valence-corrected chi connectivity index (χ2v) is 3.14. The fourth-order valence-electron chi connectivity index (χ4n) is 1.37. The first kappa shape index (κ1) is 9.26. The van der Waals surface area contributed by atoms with Crippen LogP contribution in [-0.2, 0) is 13.5 Å². The molecule has 3 nitrogen and oxygen atoms in total. The highest BCUT2D eigenvalue weighted by atomic mass is 15.3. The van der Waals surface area contributed by atoms with Crippen molar-refractivity contribution in [2.75, 3.05) is 6.54 Å². The maximum atomic E-state index is 5.42. The van der Waals surface area contributed by atoms with Gasteiger partial charge in [-0.1, -0.05) is 0 Å². The minimum absolute atomic E-state index is 0.789. The molecular formula is C9H17N3. The van der Waals surface area contributed by atoms with Gasteiger partial charge in [-0.15, -0.1) is 0 Å². The number of aryl methyl sites for hydroxylation is 2. The summed E-state index contributed by atoms with van der Waals surface area (Å²) in [7, 11) is 1.99. The number of nitrogens with two attached hydrogens (primary N) is 1.